The van der Waals surface area contributed by atoms with Gasteiger partial charge < -0.3 is 24.2 Å². The molecule has 1 fully saturated rings. The van der Waals surface area contributed by atoms with Gasteiger partial charge in [0.05, 0.1) is 16.9 Å². The van der Waals surface area contributed by atoms with Crippen LogP contribution in [-0.4, -0.2) is 19.2 Å². The van der Waals surface area contributed by atoms with E-state index in [1.807, 2.05) is 0 Å². The topological polar surface area (TPSA) is 22.2 Å². The molecule has 13 aromatic carbocycles. The van der Waals surface area contributed by atoms with Gasteiger partial charge in [0, 0.05) is 56.4 Å². The van der Waals surface area contributed by atoms with Gasteiger partial charge in [0.15, 0.2) is 11.5 Å². The second-order valence-corrected chi connectivity index (χ2v) is 29.6. The van der Waals surface area contributed by atoms with Crippen molar-refractivity contribution in [1.29, 1.82) is 0 Å². The molecule has 0 saturated heterocycles. The number of fused-ring (bicyclic) bond motifs is 15. The normalized spacial score (nSPS) is 17.9. The average Bonchev–Trinajstić information content (AvgIpc) is 1.67. The lowest BCUT2D eigenvalue weighted by atomic mass is 9.43. The fourth-order valence-electron chi connectivity index (χ4n) is 18.4. The summed E-state index contributed by atoms with van der Waals surface area (Å²) < 4.78 is 6.77. The van der Waals surface area contributed by atoms with Crippen LogP contribution in [0.5, 0.6) is 11.5 Å². The highest BCUT2D eigenvalue weighted by Gasteiger charge is 2.62. The van der Waals surface area contributed by atoms with Gasteiger partial charge in [-0.15, -0.1) is 0 Å². The summed E-state index contributed by atoms with van der Waals surface area (Å²) in [5.41, 5.74) is 33.1. The molecular formula is C88H70B2N4O. The van der Waals surface area contributed by atoms with Crippen molar-refractivity contribution in [2.24, 2.45) is 0 Å². The largest absolute Gasteiger partial charge is 0.453 e. The summed E-state index contributed by atoms with van der Waals surface area (Å²) in [5, 5.41) is 4.99. The minimum absolute atomic E-state index is 0.0335. The number of ether oxygens (including phenoxy) is 1. The lowest BCUT2D eigenvalue weighted by Crippen LogP contribution is -2.64. The van der Waals surface area contributed by atoms with Crippen LogP contribution < -0.4 is 46.0 Å². The molecule has 0 N–H and O–H groups in total. The summed E-state index contributed by atoms with van der Waals surface area (Å²) in [6, 6.07) is 97.2. The Labute approximate surface area is 557 Å². The van der Waals surface area contributed by atoms with E-state index in [0.717, 1.165) is 41.4 Å². The highest BCUT2D eigenvalue weighted by Crippen LogP contribution is 2.63. The molecule has 2 atom stereocenters. The summed E-state index contributed by atoms with van der Waals surface area (Å²) >= 11 is 0. The second kappa shape index (κ2) is 19.8. The van der Waals surface area contributed by atoms with E-state index in [9.17, 15) is 0 Å². The van der Waals surface area contributed by atoms with Gasteiger partial charge in [-0.3, -0.25) is 0 Å². The Kier molecular flexibility index (Phi) is 11.5. The third-order valence-corrected chi connectivity index (χ3v) is 23.3. The van der Waals surface area contributed by atoms with Crippen molar-refractivity contribution in [2.75, 3.05) is 19.4 Å². The predicted molar refractivity (Wildman–Crippen MR) is 401 cm³/mol. The van der Waals surface area contributed by atoms with Crippen LogP contribution in [0.25, 0.3) is 66.1 Å². The second-order valence-electron chi connectivity index (χ2n) is 29.6. The van der Waals surface area contributed by atoms with Gasteiger partial charge in [-0.05, 0) is 222 Å². The van der Waals surface area contributed by atoms with Crippen LogP contribution in [-0.2, 0) is 17.3 Å². The van der Waals surface area contributed by atoms with Crippen LogP contribution in [0.3, 0.4) is 0 Å². The summed E-state index contributed by atoms with van der Waals surface area (Å²) in [6.07, 6.45) is 5.61. The Morgan fingerprint density at radius 2 is 0.968 bits per heavy atom. The molecule has 13 aromatic rings. The van der Waals surface area contributed by atoms with Gasteiger partial charge in [-0.2, -0.15) is 0 Å². The smallest absolute Gasteiger partial charge is 0.333 e. The molecule has 7 heteroatoms. The van der Waals surface area contributed by atoms with E-state index in [0.29, 0.717) is 0 Å². The standard InChI is InChI=1S/C88H70B2N4O/c1-54-43-70-68-48-61-21-10-12-23-63(61)50-76(68)93(89-73-25-18-28-81-85(73)91(78(44-54)82(70)89)75-26-14-15-27-80(75)95-81)66-39-35-60(36-40-66)58-31-29-55(30-32-58)45-56-46-71-69-49-62-22-11-13-24-64(62)51-77(69)94(67-37-33-59(34-38-67)57-19-8-7-9-20-57)90-74-53-65(86(2,3)4)52-72-84(74)92(79(47-56)83(71)90)88(6)42-17-16-41-87(72,88)5/h7-15,18-40,43-44,46-53H,16-17,41-42,45H2,1-6H3. The minimum atomic E-state index is -0.113. The average molecular weight is 1220 g/mol. The van der Waals surface area contributed by atoms with Crippen LogP contribution in [0.2, 0.25) is 0 Å². The molecular weight excluding hydrogens is 1150 g/mol. The molecule has 5 nitrogen and oxygen atoms in total. The van der Waals surface area contributed by atoms with Crippen LogP contribution in [0.1, 0.15) is 88.1 Å². The van der Waals surface area contributed by atoms with Crippen LogP contribution in [0.15, 0.2) is 255 Å². The Morgan fingerprint density at radius 1 is 0.421 bits per heavy atom. The van der Waals surface area contributed by atoms with Crippen molar-refractivity contribution in [2.45, 2.75) is 90.0 Å². The Bertz CT molecular complexity index is 5440. The van der Waals surface area contributed by atoms with E-state index < -0.39 is 0 Å². The zero-order valence-corrected chi connectivity index (χ0v) is 54.6. The van der Waals surface area contributed by atoms with E-state index in [4.69, 9.17) is 4.74 Å². The van der Waals surface area contributed by atoms with Gasteiger partial charge in [-0.1, -0.05) is 216 Å². The number of para-hydroxylation sites is 3. The maximum atomic E-state index is 6.77. The van der Waals surface area contributed by atoms with Crippen LogP contribution in [0, 0.1) is 6.92 Å². The molecule has 454 valence electrons. The van der Waals surface area contributed by atoms with E-state index in [1.165, 1.54) is 169 Å². The van der Waals surface area contributed by atoms with Crippen molar-refractivity contribution in [3.05, 3.63) is 283 Å². The number of benzene rings is 13. The Balaban J connectivity index is 0.706. The van der Waals surface area contributed by atoms with Crippen molar-refractivity contribution >= 4 is 108 Å². The molecule has 20 rings (SSSR count). The fraction of sp³-hybridized carbons (Fsp3) is 0.159. The van der Waals surface area contributed by atoms with Gasteiger partial charge in [0.1, 0.15) is 0 Å². The molecule has 6 aliphatic heterocycles. The van der Waals surface area contributed by atoms with Gasteiger partial charge in [0.2, 0.25) is 0 Å². The fourth-order valence-corrected chi connectivity index (χ4v) is 18.4. The molecule has 0 amide bonds. The van der Waals surface area contributed by atoms with Crippen molar-refractivity contribution in [3.8, 4) is 56.0 Å². The number of rotatable bonds is 6. The molecule has 95 heavy (non-hydrogen) atoms. The number of nitrogens with zero attached hydrogens (tertiary/aromatic N) is 4. The molecule has 7 aliphatic rings. The quantitative estimate of drug-likeness (QED) is 0.154. The maximum absolute atomic E-state index is 6.77. The molecule has 1 aliphatic carbocycles. The molecule has 1 saturated carbocycles. The highest BCUT2D eigenvalue weighted by atomic mass is 16.5. The molecule has 0 aromatic heterocycles. The van der Waals surface area contributed by atoms with Crippen LogP contribution >= 0.6 is 0 Å². The molecule has 6 heterocycles. The summed E-state index contributed by atoms with van der Waals surface area (Å²) in [5.74, 6) is 1.75. The Morgan fingerprint density at radius 3 is 1.62 bits per heavy atom. The molecule has 0 radical (unpaired) electrons. The summed E-state index contributed by atoms with van der Waals surface area (Å²) in [7, 11) is 0. The lowest BCUT2D eigenvalue weighted by Gasteiger charge is -2.53. The zero-order chi connectivity index (χ0) is 63.4. The summed E-state index contributed by atoms with van der Waals surface area (Å²) in [6.45, 7) is 14.6. The first kappa shape index (κ1) is 55.0. The zero-order valence-electron chi connectivity index (χ0n) is 54.6. The lowest BCUT2D eigenvalue weighted by molar-refractivity contribution is 0.195. The highest BCUT2D eigenvalue weighted by molar-refractivity contribution is 6.94. The third-order valence-electron chi connectivity index (χ3n) is 23.3. The van der Waals surface area contributed by atoms with E-state index in [2.05, 4.69) is 316 Å². The van der Waals surface area contributed by atoms with E-state index in [1.54, 1.807) is 0 Å². The maximum Gasteiger partial charge on any atom is 0.333 e. The number of hydrogen-bond acceptors (Lipinski definition) is 5. The monoisotopic (exact) mass is 1220 g/mol. The van der Waals surface area contributed by atoms with Gasteiger partial charge >= 0.3 is 13.7 Å². The number of aryl methyl sites for hydroxylation is 1. The first-order valence-corrected chi connectivity index (χ1v) is 34.4. The van der Waals surface area contributed by atoms with E-state index >= 15 is 0 Å². The summed E-state index contributed by atoms with van der Waals surface area (Å²) in [4.78, 5) is 10.7. The molecule has 2 unspecified atom stereocenters. The first-order chi connectivity index (χ1) is 46.3. The van der Waals surface area contributed by atoms with Crippen LogP contribution in [0.4, 0.5) is 51.2 Å². The van der Waals surface area contributed by atoms with Gasteiger partial charge in [-0.25, -0.2) is 0 Å². The van der Waals surface area contributed by atoms with Crippen molar-refractivity contribution < 1.29 is 4.74 Å². The Hall–Kier alpha value is -10.5. The predicted octanol–water partition coefficient (Wildman–Crippen LogP) is 20.3. The van der Waals surface area contributed by atoms with E-state index in [-0.39, 0.29) is 30.1 Å². The number of hydrogen-bond donors (Lipinski definition) is 0. The van der Waals surface area contributed by atoms with Crippen molar-refractivity contribution in [1.82, 2.24) is 0 Å². The number of anilines is 9. The molecule has 0 bridgehead atoms. The minimum Gasteiger partial charge on any atom is -0.453 e. The molecule has 0 spiro atoms. The van der Waals surface area contributed by atoms with Crippen molar-refractivity contribution in [3.63, 3.8) is 0 Å². The van der Waals surface area contributed by atoms with Gasteiger partial charge in [0.25, 0.3) is 0 Å². The third kappa shape index (κ3) is 7.81. The SMILES string of the molecule is Cc1cc2c3c(c1)N1c4ccccc4Oc4cccc(c41)B3N(c1ccc(-c3ccc(Cc4cc5c6c(c4)N4c7c(cc(C(C)(C)C)cc7C7(C)CCCCC47C)B6N(c4ccc(-c6ccccc6)cc4)c4cc6ccccc6cc4-5)cc3)cc1)c1cc3ccccc3cc1-2. The first-order valence-electron chi connectivity index (χ1n) is 34.4.